The second-order valence-electron chi connectivity index (χ2n) is 4.97. The van der Waals surface area contributed by atoms with Gasteiger partial charge in [0, 0.05) is 19.0 Å². The van der Waals surface area contributed by atoms with Gasteiger partial charge in [-0.25, -0.2) is 0 Å². The highest BCUT2D eigenvalue weighted by molar-refractivity contribution is 5.94. The highest BCUT2D eigenvalue weighted by Crippen LogP contribution is 2.13. The molecule has 0 aliphatic carbocycles. The molecule has 120 valence electrons. The molecule has 23 heavy (non-hydrogen) atoms. The Balaban J connectivity index is 1.83. The summed E-state index contributed by atoms with van der Waals surface area (Å²) in [6, 6.07) is 14.2. The first-order valence-corrected chi connectivity index (χ1v) is 7.28. The number of methoxy groups -OCH3 is 1. The van der Waals surface area contributed by atoms with Crippen molar-refractivity contribution in [3.63, 3.8) is 0 Å². The van der Waals surface area contributed by atoms with E-state index >= 15 is 0 Å². The van der Waals surface area contributed by atoms with Crippen LogP contribution >= 0.6 is 0 Å². The molecule has 1 amide bonds. The maximum Gasteiger partial charge on any atom is 0.308 e. The predicted molar refractivity (Wildman–Crippen MR) is 86.8 cm³/mol. The van der Waals surface area contributed by atoms with E-state index in [1.807, 2.05) is 24.3 Å². The summed E-state index contributed by atoms with van der Waals surface area (Å²) in [7, 11) is 1.63. The molecule has 0 saturated carbocycles. The summed E-state index contributed by atoms with van der Waals surface area (Å²) in [5, 5.41) is 2.86. The number of rotatable bonds is 6. The Morgan fingerprint density at radius 3 is 2.13 bits per heavy atom. The largest absolute Gasteiger partial charge is 0.497 e. The third kappa shape index (κ3) is 5.14. The molecule has 0 radical (unpaired) electrons. The average molecular weight is 313 g/mol. The molecule has 0 aliphatic heterocycles. The lowest BCUT2D eigenvalue weighted by Gasteiger charge is -2.07. The van der Waals surface area contributed by atoms with Crippen molar-refractivity contribution < 1.29 is 19.1 Å². The minimum atomic E-state index is -0.387. The lowest BCUT2D eigenvalue weighted by molar-refractivity contribution is -0.131. The number of esters is 1. The van der Waals surface area contributed by atoms with E-state index in [4.69, 9.17) is 9.47 Å². The van der Waals surface area contributed by atoms with Crippen molar-refractivity contribution >= 4 is 11.9 Å². The van der Waals surface area contributed by atoms with E-state index in [0.717, 1.165) is 17.7 Å². The first-order chi connectivity index (χ1) is 11.1. The van der Waals surface area contributed by atoms with Crippen LogP contribution in [0.2, 0.25) is 0 Å². The van der Waals surface area contributed by atoms with E-state index in [0.29, 0.717) is 17.9 Å². The zero-order valence-electron chi connectivity index (χ0n) is 13.2. The summed E-state index contributed by atoms with van der Waals surface area (Å²) in [5.41, 5.74) is 1.65. The Labute approximate surface area is 135 Å². The Kier molecular flexibility index (Phi) is 5.74. The number of hydrogen-bond acceptors (Lipinski definition) is 4. The van der Waals surface area contributed by atoms with Crippen LogP contribution in [0.3, 0.4) is 0 Å². The maximum atomic E-state index is 12.0. The Morgan fingerprint density at radius 2 is 1.57 bits per heavy atom. The van der Waals surface area contributed by atoms with Crippen LogP contribution in [0, 0.1) is 0 Å². The van der Waals surface area contributed by atoms with E-state index in [-0.39, 0.29) is 11.9 Å². The standard InChI is InChI=1S/C18H19NO4/c1-13(20)23-17-9-5-15(6-10-17)18(21)19-12-11-14-3-7-16(22-2)8-4-14/h3-10H,11-12H2,1-2H3,(H,19,21). The van der Waals surface area contributed by atoms with Crippen molar-refractivity contribution in [1.82, 2.24) is 5.32 Å². The van der Waals surface area contributed by atoms with Gasteiger partial charge in [-0.2, -0.15) is 0 Å². The lowest BCUT2D eigenvalue weighted by atomic mass is 10.1. The number of benzene rings is 2. The molecule has 0 saturated heterocycles. The van der Waals surface area contributed by atoms with Crippen molar-refractivity contribution in [3.05, 3.63) is 59.7 Å². The molecule has 0 aromatic heterocycles. The Hall–Kier alpha value is -2.82. The molecule has 5 nitrogen and oxygen atoms in total. The van der Waals surface area contributed by atoms with E-state index in [1.54, 1.807) is 31.4 Å². The van der Waals surface area contributed by atoms with Crippen molar-refractivity contribution in [1.29, 1.82) is 0 Å². The number of carbonyl (C=O) groups is 2. The molecule has 2 rings (SSSR count). The molecule has 2 aromatic rings. The van der Waals surface area contributed by atoms with Crippen LogP contribution in [0.15, 0.2) is 48.5 Å². The fourth-order valence-electron chi connectivity index (χ4n) is 2.05. The molecule has 0 unspecified atom stereocenters. The van der Waals surface area contributed by atoms with Gasteiger partial charge in [0.25, 0.3) is 5.91 Å². The van der Waals surface area contributed by atoms with Crippen LogP contribution in [-0.4, -0.2) is 25.5 Å². The van der Waals surface area contributed by atoms with Crippen LogP contribution in [0.1, 0.15) is 22.8 Å². The van der Waals surface area contributed by atoms with Crippen molar-refractivity contribution in [2.45, 2.75) is 13.3 Å². The van der Waals surface area contributed by atoms with Gasteiger partial charge in [0.2, 0.25) is 0 Å². The van der Waals surface area contributed by atoms with Gasteiger partial charge < -0.3 is 14.8 Å². The normalized spacial score (nSPS) is 10.0. The van der Waals surface area contributed by atoms with Crippen LogP contribution in [-0.2, 0) is 11.2 Å². The topological polar surface area (TPSA) is 64.6 Å². The van der Waals surface area contributed by atoms with Gasteiger partial charge in [0.05, 0.1) is 7.11 Å². The highest BCUT2D eigenvalue weighted by Gasteiger charge is 2.06. The number of amides is 1. The predicted octanol–water partition coefficient (Wildman–Crippen LogP) is 2.59. The van der Waals surface area contributed by atoms with E-state index in [2.05, 4.69) is 5.32 Å². The smallest absolute Gasteiger partial charge is 0.308 e. The van der Waals surface area contributed by atoms with Crippen molar-refractivity contribution in [2.75, 3.05) is 13.7 Å². The molecule has 0 bridgehead atoms. The van der Waals surface area contributed by atoms with Gasteiger partial charge in [0.1, 0.15) is 11.5 Å². The van der Waals surface area contributed by atoms with E-state index in [1.165, 1.54) is 6.92 Å². The van der Waals surface area contributed by atoms with E-state index in [9.17, 15) is 9.59 Å². The zero-order valence-corrected chi connectivity index (χ0v) is 13.2. The van der Waals surface area contributed by atoms with Crippen LogP contribution in [0.5, 0.6) is 11.5 Å². The Bertz CT molecular complexity index is 662. The number of nitrogens with one attached hydrogen (secondary N) is 1. The summed E-state index contributed by atoms with van der Waals surface area (Å²) < 4.78 is 10.0. The maximum absolute atomic E-state index is 12.0. The fraction of sp³-hybridized carbons (Fsp3) is 0.222. The monoisotopic (exact) mass is 313 g/mol. The zero-order chi connectivity index (χ0) is 16.7. The average Bonchev–Trinajstić information content (AvgIpc) is 2.55. The van der Waals surface area contributed by atoms with Gasteiger partial charge in [-0.3, -0.25) is 9.59 Å². The summed E-state index contributed by atoms with van der Waals surface area (Å²) >= 11 is 0. The summed E-state index contributed by atoms with van der Waals surface area (Å²) in [6.07, 6.45) is 0.737. The summed E-state index contributed by atoms with van der Waals surface area (Å²) in [5.74, 6) is 0.688. The van der Waals surface area contributed by atoms with Gasteiger partial charge in [-0.1, -0.05) is 12.1 Å². The second-order valence-corrected chi connectivity index (χ2v) is 4.97. The third-order valence-corrected chi connectivity index (χ3v) is 3.24. The molecule has 0 heterocycles. The third-order valence-electron chi connectivity index (χ3n) is 3.24. The quantitative estimate of drug-likeness (QED) is 0.657. The minimum Gasteiger partial charge on any atom is -0.497 e. The van der Waals surface area contributed by atoms with Gasteiger partial charge in [0.15, 0.2) is 0 Å². The first kappa shape index (κ1) is 16.5. The second kappa shape index (κ2) is 7.98. The summed E-state index contributed by atoms with van der Waals surface area (Å²) in [6.45, 7) is 1.87. The lowest BCUT2D eigenvalue weighted by Crippen LogP contribution is -2.25. The van der Waals surface area contributed by atoms with E-state index < -0.39 is 0 Å². The molecule has 0 spiro atoms. The van der Waals surface area contributed by atoms with Crippen LogP contribution < -0.4 is 14.8 Å². The minimum absolute atomic E-state index is 0.159. The number of hydrogen-bond donors (Lipinski definition) is 1. The molecular weight excluding hydrogens is 294 g/mol. The number of ether oxygens (including phenoxy) is 2. The van der Waals surface area contributed by atoms with Gasteiger partial charge in [-0.05, 0) is 48.4 Å². The first-order valence-electron chi connectivity index (χ1n) is 7.28. The highest BCUT2D eigenvalue weighted by atomic mass is 16.5. The van der Waals surface area contributed by atoms with Gasteiger partial charge in [-0.15, -0.1) is 0 Å². The van der Waals surface area contributed by atoms with Gasteiger partial charge >= 0.3 is 5.97 Å². The Morgan fingerprint density at radius 1 is 0.957 bits per heavy atom. The molecule has 0 atom stereocenters. The molecule has 5 heteroatoms. The number of carbonyl (C=O) groups excluding carboxylic acids is 2. The van der Waals surface area contributed by atoms with Crippen LogP contribution in [0.25, 0.3) is 0 Å². The molecule has 0 fully saturated rings. The molecule has 2 aromatic carbocycles. The fourth-order valence-corrected chi connectivity index (χ4v) is 2.05. The van der Waals surface area contributed by atoms with Crippen molar-refractivity contribution in [2.24, 2.45) is 0 Å². The summed E-state index contributed by atoms with van der Waals surface area (Å²) in [4.78, 5) is 22.9. The SMILES string of the molecule is COc1ccc(CCNC(=O)c2ccc(OC(C)=O)cc2)cc1. The molecular formula is C18H19NO4. The van der Waals surface area contributed by atoms with Crippen LogP contribution in [0.4, 0.5) is 0 Å². The molecule has 1 N–H and O–H groups in total. The van der Waals surface area contributed by atoms with Crippen molar-refractivity contribution in [3.8, 4) is 11.5 Å². The molecule has 0 aliphatic rings.